The third-order valence-electron chi connectivity index (χ3n) is 7.02. The maximum atomic E-state index is 13.5. The van der Waals surface area contributed by atoms with Crippen LogP contribution in [-0.2, 0) is 4.79 Å². The number of ketones is 1. The highest BCUT2D eigenvalue weighted by molar-refractivity contribution is 6.00. The molecule has 2 aliphatic rings. The van der Waals surface area contributed by atoms with Gasteiger partial charge in [0, 0.05) is 29.7 Å². The first-order chi connectivity index (χ1) is 17.5. The number of Topliss-reactive ketones (excluding diaryl/α,β-unsaturated/α-hetero) is 1. The van der Waals surface area contributed by atoms with Gasteiger partial charge in [0.1, 0.15) is 17.8 Å². The fourth-order valence-electron chi connectivity index (χ4n) is 5.42. The predicted octanol–water partition coefficient (Wildman–Crippen LogP) is 5.51. The average Bonchev–Trinajstić information content (AvgIpc) is 3.32. The zero-order chi connectivity index (χ0) is 24.4. The first-order valence-electron chi connectivity index (χ1n) is 12.1. The van der Waals surface area contributed by atoms with E-state index in [-0.39, 0.29) is 17.1 Å². The fraction of sp³-hybridized carbons (Fsp3) is 0.207. The number of carbonyl (C=O) groups is 1. The number of aromatic nitrogens is 5. The van der Waals surface area contributed by atoms with E-state index in [1.54, 1.807) is 10.8 Å². The van der Waals surface area contributed by atoms with E-state index in [1.807, 2.05) is 66.7 Å². The monoisotopic (exact) mass is 473 g/mol. The number of carbonyl (C=O) groups excluding carboxylic acids is 1. The van der Waals surface area contributed by atoms with Crippen LogP contribution in [-0.4, -0.2) is 30.3 Å². The van der Waals surface area contributed by atoms with E-state index < -0.39 is 0 Å². The smallest absolute Gasteiger partial charge is 0.228 e. The summed E-state index contributed by atoms with van der Waals surface area (Å²) in [4.78, 5) is 27.8. The van der Waals surface area contributed by atoms with Crippen LogP contribution in [0.4, 0.5) is 0 Å². The predicted molar refractivity (Wildman–Crippen MR) is 135 cm³/mol. The van der Waals surface area contributed by atoms with Crippen molar-refractivity contribution >= 4 is 22.3 Å². The Morgan fingerprint density at radius 3 is 2.61 bits per heavy atom. The van der Waals surface area contributed by atoms with Crippen LogP contribution in [0.15, 0.2) is 84.4 Å². The number of allylic oxidation sites excluding steroid dienone is 2. The normalized spacial score (nSPS) is 18.7. The van der Waals surface area contributed by atoms with Gasteiger partial charge in [-0.05, 0) is 23.1 Å². The number of ether oxygens (including phenoxy) is 1. The average molecular weight is 474 g/mol. The highest BCUT2D eigenvalue weighted by Crippen LogP contribution is 2.50. The van der Waals surface area contributed by atoms with Crippen molar-refractivity contribution in [3.05, 3.63) is 95.5 Å². The summed E-state index contributed by atoms with van der Waals surface area (Å²) in [5.41, 5.74) is 4.47. The minimum atomic E-state index is -0.327. The molecule has 7 nitrogen and oxygen atoms in total. The third-order valence-corrected chi connectivity index (χ3v) is 7.02. The Labute approximate surface area is 207 Å². The van der Waals surface area contributed by atoms with Gasteiger partial charge in [-0.15, -0.1) is 5.10 Å². The van der Waals surface area contributed by atoms with E-state index in [1.165, 1.54) is 0 Å². The highest BCUT2D eigenvalue weighted by Gasteiger charge is 2.43. The fourth-order valence-corrected chi connectivity index (χ4v) is 5.42. The number of benzene rings is 2. The lowest BCUT2D eigenvalue weighted by Gasteiger charge is -2.37. The van der Waals surface area contributed by atoms with Gasteiger partial charge in [-0.2, -0.15) is 0 Å². The Morgan fingerprint density at radius 1 is 0.944 bits per heavy atom. The number of fused-ring (bicyclic) bond motifs is 4. The van der Waals surface area contributed by atoms with Gasteiger partial charge in [-0.3, -0.25) is 4.79 Å². The molecule has 0 radical (unpaired) electrons. The summed E-state index contributed by atoms with van der Waals surface area (Å²) in [7, 11) is 0. The summed E-state index contributed by atoms with van der Waals surface area (Å²) in [5, 5.41) is 5.75. The van der Waals surface area contributed by atoms with Gasteiger partial charge >= 0.3 is 0 Å². The van der Waals surface area contributed by atoms with Gasteiger partial charge in [0.25, 0.3) is 0 Å². The van der Waals surface area contributed by atoms with Gasteiger partial charge in [-0.1, -0.05) is 68.4 Å². The Bertz CT molecular complexity index is 1720. The maximum Gasteiger partial charge on any atom is 0.228 e. The van der Waals surface area contributed by atoms with Crippen LogP contribution < -0.4 is 4.74 Å². The molecule has 5 aromatic rings. The van der Waals surface area contributed by atoms with Crippen molar-refractivity contribution in [1.29, 1.82) is 0 Å². The topological polar surface area (TPSA) is 82.3 Å². The van der Waals surface area contributed by atoms with Crippen LogP contribution in [0, 0.1) is 5.41 Å². The third kappa shape index (κ3) is 3.23. The van der Waals surface area contributed by atoms with E-state index in [0.29, 0.717) is 47.2 Å². The lowest BCUT2D eigenvalue weighted by atomic mass is 9.70. The summed E-state index contributed by atoms with van der Waals surface area (Å²) < 4.78 is 7.99. The standard InChI is InChI=1S/C29H23N5O2/c1-29(2)14-21(35)24-22(15-29)36-28-25(23(24)18-9-4-3-5-10-18)27-32-26(33-34(27)16-30-28)20-13-12-17-8-6-7-11-19(17)31-20/h3-13,16,23H,14-15H2,1-2H3/t23-/m1/s1. The van der Waals surface area contributed by atoms with Crippen LogP contribution in [0.25, 0.3) is 28.1 Å². The van der Waals surface area contributed by atoms with Crippen molar-refractivity contribution < 1.29 is 9.53 Å². The summed E-state index contributed by atoms with van der Waals surface area (Å²) in [6, 6.07) is 21.9. The molecule has 0 unspecified atom stereocenters. The second kappa shape index (κ2) is 7.55. The van der Waals surface area contributed by atoms with E-state index in [0.717, 1.165) is 22.0 Å². The largest absolute Gasteiger partial charge is 0.442 e. The zero-order valence-electron chi connectivity index (χ0n) is 20.0. The lowest BCUT2D eigenvalue weighted by Crippen LogP contribution is -2.33. The molecule has 1 aliphatic carbocycles. The molecular weight excluding hydrogens is 450 g/mol. The van der Waals surface area contributed by atoms with Crippen molar-refractivity contribution in [3.8, 4) is 17.4 Å². The van der Waals surface area contributed by atoms with Gasteiger partial charge in [0.2, 0.25) is 11.7 Å². The van der Waals surface area contributed by atoms with Gasteiger partial charge in [0.15, 0.2) is 11.4 Å². The van der Waals surface area contributed by atoms with Crippen LogP contribution in [0.3, 0.4) is 0 Å². The summed E-state index contributed by atoms with van der Waals surface area (Å²) in [5.74, 6) is 1.47. The molecule has 4 heterocycles. The van der Waals surface area contributed by atoms with E-state index >= 15 is 0 Å². The Kier molecular flexibility index (Phi) is 4.39. The van der Waals surface area contributed by atoms with Crippen molar-refractivity contribution in [3.63, 3.8) is 0 Å². The number of hydrogen-bond acceptors (Lipinski definition) is 6. The Hall–Kier alpha value is -4.39. The number of pyridine rings is 1. The van der Waals surface area contributed by atoms with E-state index in [9.17, 15) is 4.79 Å². The second-order valence-corrected chi connectivity index (χ2v) is 10.3. The molecular formula is C29H23N5O2. The SMILES string of the molecule is CC1(C)CC(=O)C2=C(C1)Oc1ncn3nc(-c4ccc5ccccc5n4)nc3c1[C@@H]2c1ccccc1. The molecule has 0 saturated heterocycles. The minimum Gasteiger partial charge on any atom is -0.442 e. The molecule has 7 heteroatoms. The number of para-hydroxylation sites is 1. The molecule has 7 rings (SSSR count). The van der Waals surface area contributed by atoms with Crippen LogP contribution >= 0.6 is 0 Å². The van der Waals surface area contributed by atoms with Crippen molar-refractivity contribution in [1.82, 2.24) is 24.6 Å². The molecule has 176 valence electrons. The van der Waals surface area contributed by atoms with Crippen LogP contribution in [0.2, 0.25) is 0 Å². The molecule has 36 heavy (non-hydrogen) atoms. The first-order valence-corrected chi connectivity index (χ1v) is 12.1. The number of nitrogens with zero attached hydrogens (tertiary/aromatic N) is 5. The van der Waals surface area contributed by atoms with Crippen molar-refractivity contribution in [2.75, 3.05) is 0 Å². The Balaban J connectivity index is 1.45. The molecule has 0 spiro atoms. The molecule has 3 aromatic heterocycles. The molecule has 0 amide bonds. The van der Waals surface area contributed by atoms with Gasteiger partial charge < -0.3 is 4.74 Å². The molecule has 0 N–H and O–H groups in total. The quantitative estimate of drug-likeness (QED) is 0.336. The molecule has 0 fully saturated rings. The summed E-state index contributed by atoms with van der Waals surface area (Å²) in [6.07, 6.45) is 2.78. The Morgan fingerprint density at radius 2 is 1.75 bits per heavy atom. The molecule has 1 aliphatic heterocycles. The first kappa shape index (κ1) is 20.9. The maximum absolute atomic E-state index is 13.5. The highest BCUT2D eigenvalue weighted by atomic mass is 16.5. The molecule has 0 bridgehead atoms. The van der Waals surface area contributed by atoms with Gasteiger partial charge in [0.05, 0.1) is 11.1 Å². The number of rotatable bonds is 2. The molecule has 2 aromatic carbocycles. The lowest BCUT2D eigenvalue weighted by molar-refractivity contribution is -0.118. The van der Waals surface area contributed by atoms with Gasteiger partial charge in [-0.25, -0.2) is 19.5 Å². The van der Waals surface area contributed by atoms with Crippen molar-refractivity contribution in [2.24, 2.45) is 5.41 Å². The minimum absolute atomic E-state index is 0.110. The van der Waals surface area contributed by atoms with E-state index in [2.05, 4.69) is 18.8 Å². The summed E-state index contributed by atoms with van der Waals surface area (Å²) in [6.45, 7) is 4.20. The van der Waals surface area contributed by atoms with Crippen LogP contribution in [0.1, 0.15) is 43.7 Å². The molecule has 1 atom stereocenters. The van der Waals surface area contributed by atoms with Crippen LogP contribution in [0.5, 0.6) is 5.88 Å². The summed E-state index contributed by atoms with van der Waals surface area (Å²) >= 11 is 0. The zero-order valence-corrected chi connectivity index (χ0v) is 20.0. The second-order valence-electron chi connectivity index (χ2n) is 10.3. The van der Waals surface area contributed by atoms with Crippen molar-refractivity contribution in [2.45, 2.75) is 32.6 Å². The molecule has 0 saturated carbocycles. The van der Waals surface area contributed by atoms with E-state index in [4.69, 9.17) is 19.8 Å². The number of hydrogen-bond donors (Lipinski definition) is 0.